The van der Waals surface area contributed by atoms with Gasteiger partial charge in [-0.15, -0.1) is 0 Å². The van der Waals surface area contributed by atoms with Crippen molar-refractivity contribution < 1.29 is 4.74 Å². The molecule has 2 aliphatic rings. The van der Waals surface area contributed by atoms with Gasteiger partial charge in [-0.2, -0.15) is 0 Å². The first-order chi connectivity index (χ1) is 9.31. The zero-order valence-electron chi connectivity index (χ0n) is 12.0. The van der Waals surface area contributed by atoms with Gasteiger partial charge in [0, 0.05) is 6.54 Å². The molecule has 3 rings (SSSR count). The molecule has 104 valence electrons. The zero-order valence-corrected chi connectivity index (χ0v) is 12.0. The highest BCUT2D eigenvalue weighted by Crippen LogP contribution is 2.29. The lowest BCUT2D eigenvalue weighted by atomic mass is 9.83. The molecule has 2 nitrogen and oxygen atoms in total. The summed E-state index contributed by atoms with van der Waals surface area (Å²) in [5, 5.41) is 3.42. The summed E-state index contributed by atoms with van der Waals surface area (Å²) in [5.74, 6) is 2.75. The monoisotopic (exact) mass is 259 g/mol. The summed E-state index contributed by atoms with van der Waals surface area (Å²) in [6, 6.07) is 6.62. The van der Waals surface area contributed by atoms with Gasteiger partial charge < -0.3 is 10.1 Å². The maximum absolute atomic E-state index is 6.02. The number of fused-ring (bicyclic) bond motifs is 1. The average molecular weight is 259 g/mol. The zero-order chi connectivity index (χ0) is 13.1. The van der Waals surface area contributed by atoms with Crippen LogP contribution in [0, 0.1) is 11.8 Å². The predicted octanol–water partition coefficient (Wildman–Crippen LogP) is 3.54. The van der Waals surface area contributed by atoms with Crippen molar-refractivity contribution in [2.24, 2.45) is 11.8 Å². The number of nitrogens with one attached hydrogen (secondary N) is 1. The molecule has 1 aromatic rings. The van der Waals surface area contributed by atoms with E-state index in [4.69, 9.17) is 4.74 Å². The number of rotatable bonds is 3. The number of benzene rings is 1. The Labute approximate surface area is 116 Å². The highest BCUT2D eigenvalue weighted by molar-refractivity contribution is 5.37. The van der Waals surface area contributed by atoms with Gasteiger partial charge >= 0.3 is 0 Å². The van der Waals surface area contributed by atoms with Gasteiger partial charge in [0.15, 0.2) is 0 Å². The fourth-order valence-electron chi connectivity index (χ4n) is 3.26. The molecule has 1 saturated carbocycles. The third kappa shape index (κ3) is 3.30. The minimum absolute atomic E-state index is 0.769. The average Bonchev–Trinajstić information content (AvgIpc) is 2.46. The molecule has 1 fully saturated rings. The van der Waals surface area contributed by atoms with Crippen LogP contribution in [0.4, 0.5) is 0 Å². The van der Waals surface area contributed by atoms with Gasteiger partial charge in [-0.1, -0.05) is 25.8 Å². The molecule has 0 amide bonds. The third-order valence-electron chi connectivity index (χ3n) is 4.69. The van der Waals surface area contributed by atoms with Crippen molar-refractivity contribution in [1.82, 2.24) is 5.32 Å². The summed E-state index contributed by atoms with van der Waals surface area (Å²) in [7, 11) is 0. The highest BCUT2D eigenvalue weighted by Gasteiger charge is 2.19. The van der Waals surface area contributed by atoms with Crippen LogP contribution in [0.1, 0.15) is 43.7 Å². The second-order valence-corrected chi connectivity index (χ2v) is 6.29. The molecule has 0 radical (unpaired) electrons. The summed E-state index contributed by atoms with van der Waals surface area (Å²) < 4.78 is 6.02. The molecule has 1 aliphatic heterocycles. The van der Waals surface area contributed by atoms with Crippen molar-refractivity contribution in [3.63, 3.8) is 0 Å². The van der Waals surface area contributed by atoms with Crippen molar-refractivity contribution in [2.75, 3.05) is 13.2 Å². The van der Waals surface area contributed by atoms with Crippen molar-refractivity contribution in [3.8, 4) is 5.75 Å². The molecule has 0 aromatic heterocycles. The van der Waals surface area contributed by atoms with Crippen LogP contribution in [0.2, 0.25) is 0 Å². The lowest BCUT2D eigenvalue weighted by Gasteiger charge is -2.26. The molecule has 1 aromatic carbocycles. The Balaban J connectivity index is 1.55. The maximum atomic E-state index is 6.02. The van der Waals surface area contributed by atoms with Gasteiger partial charge in [-0.05, 0) is 60.9 Å². The van der Waals surface area contributed by atoms with E-state index in [0.29, 0.717) is 0 Å². The molecular formula is C17H25NO. The van der Waals surface area contributed by atoms with Gasteiger partial charge in [0.25, 0.3) is 0 Å². The van der Waals surface area contributed by atoms with E-state index in [0.717, 1.165) is 43.7 Å². The molecule has 0 spiro atoms. The number of hydrogen-bond acceptors (Lipinski definition) is 2. The molecule has 0 atom stereocenters. The summed E-state index contributed by atoms with van der Waals surface area (Å²) in [5.41, 5.74) is 2.90. The Morgan fingerprint density at radius 3 is 2.84 bits per heavy atom. The summed E-state index contributed by atoms with van der Waals surface area (Å²) in [6.45, 7) is 5.37. The van der Waals surface area contributed by atoms with Gasteiger partial charge in [0.2, 0.25) is 0 Å². The maximum Gasteiger partial charge on any atom is 0.119 e. The van der Waals surface area contributed by atoms with Crippen molar-refractivity contribution >= 4 is 0 Å². The number of ether oxygens (including phenoxy) is 1. The van der Waals surface area contributed by atoms with E-state index >= 15 is 0 Å². The fraction of sp³-hybridized carbons (Fsp3) is 0.647. The van der Waals surface area contributed by atoms with E-state index in [1.165, 1.54) is 36.8 Å². The van der Waals surface area contributed by atoms with Crippen LogP contribution in [0.5, 0.6) is 5.75 Å². The van der Waals surface area contributed by atoms with E-state index in [1.807, 2.05) is 0 Å². The minimum Gasteiger partial charge on any atom is -0.493 e. The van der Waals surface area contributed by atoms with Crippen LogP contribution in [-0.4, -0.2) is 13.2 Å². The number of hydrogen-bond donors (Lipinski definition) is 1. The molecule has 0 bridgehead atoms. The molecule has 1 heterocycles. The van der Waals surface area contributed by atoms with E-state index in [2.05, 4.69) is 30.4 Å². The Bertz CT molecular complexity index is 421. The first-order valence-corrected chi connectivity index (χ1v) is 7.76. The van der Waals surface area contributed by atoms with Crippen LogP contribution in [0.25, 0.3) is 0 Å². The van der Waals surface area contributed by atoms with Gasteiger partial charge in [-0.3, -0.25) is 0 Å². The van der Waals surface area contributed by atoms with Crippen LogP contribution in [0.3, 0.4) is 0 Å². The topological polar surface area (TPSA) is 21.3 Å². The molecule has 19 heavy (non-hydrogen) atoms. The first-order valence-electron chi connectivity index (χ1n) is 7.76. The molecule has 2 heteroatoms. The van der Waals surface area contributed by atoms with Crippen molar-refractivity contribution in [3.05, 3.63) is 29.3 Å². The fourth-order valence-corrected chi connectivity index (χ4v) is 3.26. The van der Waals surface area contributed by atoms with E-state index in [9.17, 15) is 0 Å². The lowest BCUT2D eigenvalue weighted by molar-refractivity contribution is 0.188. The quantitative estimate of drug-likeness (QED) is 0.896. The SMILES string of the molecule is CC1CCC(COc2ccc3c(c2)CNCC3)CC1. The van der Waals surface area contributed by atoms with E-state index in [1.54, 1.807) is 0 Å². The molecular weight excluding hydrogens is 234 g/mol. The standard InChI is InChI=1S/C17H25NO/c1-13-2-4-14(5-3-13)12-19-17-7-6-15-8-9-18-11-16(15)10-17/h6-7,10,13-14,18H,2-5,8-9,11-12H2,1H3. The third-order valence-corrected chi connectivity index (χ3v) is 4.69. The second kappa shape index (κ2) is 5.96. The van der Waals surface area contributed by atoms with Gasteiger partial charge in [-0.25, -0.2) is 0 Å². The minimum atomic E-state index is 0.769. The van der Waals surface area contributed by atoms with E-state index < -0.39 is 0 Å². The Kier molecular flexibility index (Phi) is 4.07. The molecule has 1 aliphatic carbocycles. The summed E-state index contributed by atoms with van der Waals surface area (Å²) in [4.78, 5) is 0. The molecule has 1 N–H and O–H groups in total. The Hall–Kier alpha value is -1.02. The predicted molar refractivity (Wildman–Crippen MR) is 78.5 cm³/mol. The Morgan fingerprint density at radius 2 is 2.00 bits per heavy atom. The highest BCUT2D eigenvalue weighted by atomic mass is 16.5. The Morgan fingerprint density at radius 1 is 1.16 bits per heavy atom. The molecule has 0 unspecified atom stereocenters. The first kappa shape index (κ1) is 13.0. The van der Waals surface area contributed by atoms with Crippen LogP contribution in [0.15, 0.2) is 18.2 Å². The van der Waals surface area contributed by atoms with Crippen LogP contribution in [-0.2, 0) is 13.0 Å². The summed E-state index contributed by atoms with van der Waals surface area (Å²) >= 11 is 0. The van der Waals surface area contributed by atoms with Crippen molar-refractivity contribution in [2.45, 2.75) is 45.6 Å². The largest absolute Gasteiger partial charge is 0.493 e. The molecule has 0 saturated heterocycles. The normalized spacial score (nSPS) is 26.8. The lowest BCUT2D eigenvalue weighted by Crippen LogP contribution is -2.23. The second-order valence-electron chi connectivity index (χ2n) is 6.29. The van der Waals surface area contributed by atoms with Gasteiger partial charge in [0.05, 0.1) is 6.61 Å². The van der Waals surface area contributed by atoms with Gasteiger partial charge in [0.1, 0.15) is 5.75 Å². The van der Waals surface area contributed by atoms with Crippen LogP contribution >= 0.6 is 0 Å². The van der Waals surface area contributed by atoms with E-state index in [-0.39, 0.29) is 0 Å². The smallest absolute Gasteiger partial charge is 0.119 e. The van der Waals surface area contributed by atoms with Crippen LogP contribution < -0.4 is 10.1 Å². The summed E-state index contributed by atoms with van der Waals surface area (Å²) in [6.07, 6.45) is 6.59. The van der Waals surface area contributed by atoms with Crippen molar-refractivity contribution in [1.29, 1.82) is 0 Å².